The zero-order valence-electron chi connectivity index (χ0n) is 16.7. The zero-order chi connectivity index (χ0) is 21.4. The molecule has 0 aliphatic heterocycles. The van der Waals surface area contributed by atoms with Crippen LogP contribution in [0, 0.1) is 6.92 Å². The maximum Gasteiger partial charge on any atom is 0.258 e. The van der Waals surface area contributed by atoms with E-state index in [1.54, 1.807) is 23.6 Å². The Balaban J connectivity index is 1.94. The summed E-state index contributed by atoms with van der Waals surface area (Å²) >= 11 is 1.59. The van der Waals surface area contributed by atoms with Crippen molar-refractivity contribution in [1.29, 1.82) is 0 Å². The van der Waals surface area contributed by atoms with Crippen LogP contribution in [0.3, 0.4) is 0 Å². The van der Waals surface area contributed by atoms with Gasteiger partial charge in [-0.05, 0) is 43.9 Å². The summed E-state index contributed by atoms with van der Waals surface area (Å²) in [6.07, 6.45) is 4.47. The predicted molar refractivity (Wildman–Crippen MR) is 116 cm³/mol. The van der Waals surface area contributed by atoms with Crippen molar-refractivity contribution in [3.05, 3.63) is 51.9 Å². The van der Waals surface area contributed by atoms with Crippen molar-refractivity contribution in [2.75, 3.05) is 13.3 Å². The van der Waals surface area contributed by atoms with E-state index in [0.29, 0.717) is 5.39 Å². The van der Waals surface area contributed by atoms with Gasteiger partial charge in [-0.15, -0.1) is 11.3 Å². The summed E-state index contributed by atoms with van der Waals surface area (Å²) in [5.74, 6) is -0.586. The van der Waals surface area contributed by atoms with Gasteiger partial charge >= 0.3 is 0 Å². The quantitative estimate of drug-likeness (QED) is 0.644. The van der Waals surface area contributed by atoms with Gasteiger partial charge in [0.15, 0.2) is 9.84 Å². The molecule has 3 aromatic rings. The number of aryl methyl sites for hydroxylation is 2. The number of nitrogens with one attached hydrogen (secondary N) is 1. The van der Waals surface area contributed by atoms with Gasteiger partial charge in [-0.1, -0.05) is 6.07 Å². The number of hydrogen-bond acceptors (Lipinski definition) is 6. The lowest BCUT2D eigenvalue weighted by atomic mass is 10.1. The molecule has 0 unspecified atom stereocenters. The molecule has 0 saturated carbocycles. The molecule has 2 aromatic heterocycles. The van der Waals surface area contributed by atoms with Gasteiger partial charge in [0, 0.05) is 48.1 Å². The van der Waals surface area contributed by atoms with Crippen LogP contribution in [-0.4, -0.2) is 41.9 Å². The molecule has 1 N–H and O–H groups in total. The van der Waals surface area contributed by atoms with Gasteiger partial charge in [0.2, 0.25) is 5.91 Å². The first-order chi connectivity index (χ1) is 13.6. The van der Waals surface area contributed by atoms with E-state index in [9.17, 15) is 18.0 Å². The Morgan fingerprint density at radius 1 is 1.31 bits per heavy atom. The van der Waals surface area contributed by atoms with Crippen LogP contribution in [0.5, 0.6) is 0 Å². The summed E-state index contributed by atoms with van der Waals surface area (Å²) in [6.45, 7) is 3.48. The standard InChI is InChI=1S/C20H23N3O4S2/c1-13-12-22-17(28-13)15-5-6-16-14(11-15)7-9-23(18(16)24)10-8-20(2,19(25)21-3)29(4,26)27/h5-7,9,11-12H,8,10H2,1-4H3,(H,21,25)/t20-/m1/s1. The van der Waals surface area contributed by atoms with Gasteiger partial charge in [0.05, 0.1) is 0 Å². The second kappa shape index (κ2) is 7.72. The summed E-state index contributed by atoms with van der Waals surface area (Å²) in [5.41, 5.74) is 0.717. The lowest BCUT2D eigenvalue weighted by Crippen LogP contribution is -2.49. The third-order valence-electron chi connectivity index (χ3n) is 5.20. The third kappa shape index (κ3) is 3.97. The molecule has 1 aromatic carbocycles. The first-order valence-electron chi connectivity index (χ1n) is 9.04. The zero-order valence-corrected chi connectivity index (χ0v) is 18.4. The van der Waals surface area contributed by atoms with Crippen LogP contribution in [0.1, 0.15) is 18.2 Å². The van der Waals surface area contributed by atoms with E-state index in [2.05, 4.69) is 10.3 Å². The summed E-state index contributed by atoms with van der Waals surface area (Å²) in [5, 5.41) is 4.62. The second-order valence-corrected chi connectivity index (χ2v) is 10.9. The molecule has 1 amide bonds. The van der Waals surface area contributed by atoms with Crippen LogP contribution >= 0.6 is 11.3 Å². The van der Waals surface area contributed by atoms with E-state index in [4.69, 9.17) is 0 Å². The minimum Gasteiger partial charge on any atom is -0.358 e. The third-order valence-corrected chi connectivity index (χ3v) is 8.19. The number of aromatic nitrogens is 2. The lowest BCUT2D eigenvalue weighted by Gasteiger charge is -2.26. The van der Waals surface area contributed by atoms with Crippen LogP contribution < -0.4 is 10.9 Å². The molecule has 3 rings (SSSR count). The van der Waals surface area contributed by atoms with Gasteiger partial charge in [0.1, 0.15) is 9.75 Å². The average Bonchev–Trinajstić information content (AvgIpc) is 3.11. The molecule has 0 aliphatic carbocycles. The van der Waals surface area contributed by atoms with Crippen molar-refractivity contribution in [3.63, 3.8) is 0 Å². The highest BCUT2D eigenvalue weighted by molar-refractivity contribution is 7.92. The highest BCUT2D eigenvalue weighted by Gasteiger charge is 2.42. The molecular formula is C20H23N3O4S2. The number of amides is 1. The number of sulfone groups is 1. The van der Waals surface area contributed by atoms with E-state index in [-0.39, 0.29) is 18.5 Å². The number of thiazole rings is 1. The van der Waals surface area contributed by atoms with Crippen molar-refractivity contribution >= 4 is 37.9 Å². The number of rotatable bonds is 6. The molecule has 0 spiro atoms. The van der Waals surface area contributed by atoms with E-state index >= 15 is 0 Å². The van der Waals surface area contributed by atoms with E-state index in [1.807, 2.05) is 31.3 Å². The minimum atomic E-state index is -3.67. The SMILES string of the molecule is CNC(=O)[C@@](C)(CCn1ccc2cc(-c3ncc(C)s3)ccc2c1=O)S(C)(=O)=O. The number of pyridine rings is 1. The van der Waals surface area contributed by atoms with E-state index in [0.717, 1.165) is 27.1 Å². The number of benzene rings is 1. The Morgan fingerprint density at radius 2 is 2.03 bits per heavy atom. The summed E-state index contributed by atoms with van der Waals surface area (Å²) < 4.78 is 24.2. The largest absolute Gasteiger partial charge is 0.358 e. The molecule has 0 radical (unpaired) electrons. The Morgan fingerprint density at radius 3 is 2.62 bits per heavy atom. The van der Waals surface area contributed by atoms with Crippen molar-refractivity contribution in [3.8, 4) is 10.6 Å². The molecule has 0 aliphatic rings. The summed E-state index contributed by atoms with van der Waals surface area (Å²) in [6, 6.07) is 7.36. The molecule has 9 heteroatoms. The van der Waals surface area contributed by atoms with Crippen molar-refractivity contribution in [2.45, 2.75) is 31.6 Å². The second-order valence-electron chi connectivity index (χ2n) is 7.22. The fourth-order valence-electron chi connectivity index (χ4n) is 3.15. The Bertz CT molecular complexity index is 1240. The van der Waals surface area contributed by atoms with Crippen LogP contribution in [-0.2, 0) is 21.2 Å². The van der Waals surface area contributed by atoms with E-state index < -0.39 is 20.5 Å². The van der Waals surface area contributed by atoms with Gasteiger partial charge in [0.25, 0.3) is 5.56 Å². The molecule has 7 nitrogen and oxygen atoms in total. The van der Waals surface area contributed by atoms with Gasteiger partial charge < -0.3 is 9.88 Å². The summed E-state index contributed by atoms with van der Waals surface area (Å²) in [4.78, 5) is 30.6. The maximum absolute atomic E-state index is 12.9. The fraction of sp³-hybridized carbons (Fsp3) is 0.350. The fourth-order valence-corrected chi connectivity index (χ4v) is 4.81. The summed E-state index contributed by atoms with van der Waals surface area (Å²) in [7, 11) is -2.27. The number of nitrogens with zero attached hydrogens (tertiary/aromatic N) is 2. The van der Waals surface area contributed by atoms with Crippen LogP contribution in [0.15, 0.2) is 41.5 Å². The molecule has 1 atom stereocenters. The normalized spacial score (nSPS) is 13.9. The number of carbonyl (C=O) groups excluding carboxylic acids is 1. The average molecular weight is 434 g/mol. The molecule has 0 saturated heterocycles. The maximum atomic E-state index is 12.9. The van der Waals surface area contributed by atoms with Crippen LogP contribution in [0.25, 0.3) is 21.3 Å². The van der Waals surface area contributed by atoms with Gasteiger partial charge in [-0.25, -0.2) is 13.4 Å². The van der Waals surface area contributed by atoms with Gasteiger partial charge in [-0.2, -0.15) is 0 Å². The van der Waals surface area contributed by atoms with Gasteiger partial charge in [-0.3, -0.25) is 9.59 Å². The Kier molecular flexibility index (Phi) is 5.64. The van der Waals surface area contributed by atoms with E-state index in [1.165, 1.54) is 18.5 Å². The lowest BCUT2D eigenvalue weighted by molar-refractivity contribution is -0.123. The molecule has 0 bridgehead atoms. The van der Waals surface area contributed by atoms with Crippen molar-refractivity contribution in [2.24, 2.45) is 0 Å². The molecular weight excluding hydrogens is 410 g/mol. The molecule has 0 fully saturated rings. The number of hydrogen-bond donors (Lipinski definition) is 1. The Hall–Kier alpha value is -2.52. The van der Waals surface area contributed by atoms with Crippen molar-refractivity contribution in [1.82, 2.24) is 14.9 Å². The molecule has 29 heavy (non-hydrogen) atoms. The smallest absolute Gasteiger partial charge is 0.258 e. The van der Waals surface area contributed by atoms with Crippen LogP contribution in [0.4, 0.5) is 0 Å². The topological polar surface area (TPSA) is 98.1 Å². The van der Waals surface area contributed by atoms with Crippen LogP contribution in [0.2, 0.25) is 0 Å². The first-order valence-corrected chi connectivity index (χ1v) is 11.8. The highest BCUT2D eigenvalue weighted by atomic mass is 32.2. The molecule has 154 valence electrons. The van der Waals surface area contributed by atoms with Crippen molar-refractivity contribution < 1.29 is 13.2 Å². The molecule has 2 heterocycles. The minimum absolute atomic E-state index is 0.00655. The monoisotopic (exact) mass is 433 g/mol. The Labute approximate surface area is 173 Å². The predicted octanol–water partition coefficient (Wildman–Crippen LogP) is 2.37. The number of fused-ring (bicyclic) bond motifs is 1. The highest BCUT2D eigenvalue weighted by Crippen LogP contribution is 2.27. The number of carbonyl (C=O) groups is 1. The first kappa shape index (κ1) is 21.2.